The lowest BCUT2D eigenvalue weighted by atomic mass is 9.85. The van der Waals surface area contributed by atoms with Gasteiger partial charge in [-0.05, 0) is 37.7 Å². The van der Waals surface area contributed by atoms with Gasteiger partial charge in [0.1, 0.15) is 0 Å². The molecule has 85 valence electrons. The summed E-state index contributed by atoms with van der Waals surface area (Å²) in [7, 11) is 0. The van der Waals surface area contributed by atoms with Gasteiger partial charge in [-0.25, -0.2) is 0 Å². The number of benzene rings is 1. The Morgan fingerprint density at radius 1 is 1.19 bits per heavy atom. The van der Waals surface area contributed by atoms with Crippen LogP contribution >= 0.6 is 0 Å². The Balaban J connectivity index is 1.81. The molecule has 0 N–H and O–H groups in total. The molecule has 0 aliphatic carbocycles. The van der Waals surface area contributed by atoms with Crippen LogP contribution in [0, 0.1) is 6.92 Å². The van der Waals surface area contributed by atoms with Crippen LogP contribution in [0.4, 0.5) is 0 Å². The Hall–Kier alpha value is -0.820. The molecular formula is C15H20N. The van der Waals surface area contributed by atoms with Crippen LogP contribution in [-0.2, 0) is 6.54 Å². The SMILES string of the molecule is [CH2]CC12CCC(CC1)N2Cc1ccccc1. The van der Waals surface area contributed by atoms with Crippen LogP contribution in [-0.4, -0.2) is 16.5 Å². The van der Waals surface area contributed by atoms with Crippen molar-refractivity contribution in [1.82, 2.24) is 4.90 Å². The Bertz CT molecular complexity index is 349. The fourth-order valence-electron chi connectivity index (χ4n) is 3.60. The molecular weight excluding hydrogens is 194 g/mol. The van der Waals surface area contributed by atoms with Gasteiger partial charge in [-0.15, -0.1) is 0 Å². The zero-order valence-corrected chi connectivity index (χ0v) is 9.86. The second-order valence-corrected chi connectivity index (χ2v) is 5.32. The molecule has 2 bridgehead atoms. The van der Waals surface area contributed by atoms with Crippen LogP contribution in [0.1, 0.15) is 37.7 Å². The van der Waals surface area contributed by atoms with Crippen molar-refractivity contribution in [2.24, 2.45) is 0 Å². The van der Waals surface area contributed by atoms with Gasteiger partial charge in [-0.3, -0.25) is 4.90 Å². The summed E-state index contributed by atoms with van der Waals surface area (Å²) < 4.78 is 0. The first-order chi connectivity index (χ1) is 7.84. The van der Waals surface area contributed by atoms with Gasteiger partial charge < -0.3 is 0 Å². The Morgan fingerprint density at radius 3 is 2.50 bits per heavy atom. The lowest BCUT2D eigenvalue weighted by molar-refractivity contribution is 0.146. The predicted octanol–water partition coefficient (Wildman–Crippen LogP) is 3.41. The minimum atomic E-state index is 0.445. The molecule has 1 radical (unpaired) electrons. The van der Waals surface area contributed by atoms with Gasteiger partial charge in [0.2, 0.25) is 0 Å². The van der Waals surface area contributed by atoms with Crippen LogP contribution in [0.15, 0.2) is 30.3 Å². The zero-order chi connectivity index (χ0) is 11.0. The Labute approximate surface area is 98.5 Å². The van der Waals surface area contributed by atoms with Crippen molar-refractivity contribution in [2.45, 2.75) is 50.2 Å². The van der Waals surface area contributed by atoms with Gasteiger partial charge in [-0.1, -0.05) is 37.3 Å². The molecule has 1 heteroatoms. The molecule has 1 aromatic rings. The highest BCUT2D eigenvalue weighted by molar-refractivity contribution is 5.17. The van der Waals surface area contributed by atoms with Gasteiger partial charge in [0.25, 0.3) is 0 Å². The number of hydrogen-bond acceptors (Lipinski definition) is 1. The topological polar surface area (TPSA) is 3.24 Å². The van der Waals surface area contributed by atoms with Gasteiger partial charge >= 0.3 is 0 Å². The third-order valence-corrected chi connectivity index (χ3v) is 4.60. The summed E-state index contributed by atoms with van der Waals surface area (Å²) in [6.07, 6.45) is 6.60. The first-order valence-electron chi connectivity index (χ1n) is 6.44. The number of nitrogens with zero attached hydrogens (tertiary/aromatic N) is 1. The molecule has 2 aliphatic heterocycles. The largest absolute Gasteiger partial charge is 0.290 e. The molecule has 0 saturated carbocycles. The molecule has 3 rings (SSSR count). The Morgan fingerprint density at radius 2 is 1.88 bits per heavy atom. The van der Waals surface area contributed by atoms with Crippen molar-refractivity contribution in [3.8, 4) is 0 Å². The molecule has 1 aromatic carbocycles. The molecule has 0 amide bonds. The van der Waals surface area contributed by atoms with Crippen LogP contribution in [0.5, 0.6) is 0 Å². The maximum Gasteiger partial charge on any atom is 0.0242 e. The van der Waals surface area contributed by atoms with E-state index in [-0.39, 0.29) is 0 Å². The molecule has 2 saturated heterocycles. The second kappa shape index (κ2) is 3.89. The molecule has 1 nitrogen and oxygen atoms in total. The van der Waals surface area contributed by atoms with Crippen molar-refractivity contribution in [1.29, 1.82) is 0 Å². The quantitative estimate of drug-likeness (QED) is 0.745. The monoisotopic (exact) mass is 214 g/mol. The van der Waals surface area contributed by atoms with E-state index in [1.54, 1.807) is 0 Å². The molecule has 0 atom stereocenters. The average Bonchev–Trinajstić information content (AvgIpc) is 2.86. The van der Waals surface area contributed by atoms with Crippen molar-refractivity contribution >= 4 is 0 Å². The summed E-state index contributed by atoms with van der Waals surface area (Å²) in [5.41, 5.74) is 1.90. The normalized spacial score (nSPS) is 33.4. The average molecular weight is 214 g/mol. The minimum absolute atomic E-state index is 0.445. The summed E-state index contributed by atoms with van der Waals surface area (Å²) in [6, 6.07) is 11.7. The maximum atomic E-state index is 4.19. The zero-order valence-electron chi connectivity index (χ0n) is 9.86. The van der Waals surface area contributed by atoms with Crippen molar-refractivity contribution in [2.75, 3.05) is 0 Å². The van der Waals surface area contributed by atoms with Gasteiger partial charge in [-0.2, -0.15) is 0 Å². The summed E-state index contributed by atoms with van der Waals surface area (Å²) in [5, 5.41) is 0. The van der Waals surface area contributed by atoms with Crippen molar-refractivity contribution < 1.29 is 0 Å². The van der Waals surface area contributed by atoms with E-state index in [1.807, 2.05) is 0 Å². The summed E-state index contributed by atoms with van der Waals surface area (Å²) in [4.78, 5) is 2.73. The first-order valence-corrected chi connectivity index (χ1v) is 6.44. The van der Waals surface area contributed by atoms with Crippen molar-refractivity contribution in [3.63, 3.8) is 0 Å². The van der Waals surface area contributed by atoms with E-state index in [1.165, 1.54) is 31.2 Å². The third-order valence-electron chi connectivity index (χ3n) is 4.60. The van der Waals surface area contributed by atoms with Crippen LogP contribution < -0.4 is 0 Å². The number of hydrogen-bond donors (Lipinski definition) is 0. The summed E-state index contributed by atoms with van der Waals surface area (Å²) >= 11 is 0. The van der Waals surface area contributed by atoms with E-state index in [0.717, 1.165) is 19.0 Å². The van der Waals surface area contributed by atoms with E-state index < -0.39 is 0 Å². The molecule has 2 heterocycles. The highest BCUT2D eigenvalue weighted by Crippen LogP contribution is 2.48. The van der Waals surface area contributed by atoms with E-state index in [4.69, 9.17) is 0 Å². The second-order valence-electron chi connectivity index (χ2n) is 5.32. The van der Waals surface area contributed by atoms with Crippen molar-refractivity contribution in [3.05, 3.63) is 42.8 Å². The smallest absolute Gasteiger partial charge is 0.0242 e. The molecule has 2 aliphatic rings. The standard InChI is InChI=1S/C15H20N/c1-2-15-10-8-14(9-11-15)16(15)12-13-6-4-3-5-7-13/h3-7,14H,1-2,8-12H2. The predicted molar refractivity (Wildman–Crippen MR) is 66.9 cm³/mol. The van der Waals surface area contributed by atoms with Crippen LogP contribution in [0.25, 0.3) is 0 Å². The third kappa shape index (κ3) is 1.49. The minimum Gasteiger partial charge on any atom is -0.290 e. The Kier molecular flexibility index (Phi) is 2.51. The number of fused-ring (bicyclic) bond motifs is 2. The van der Waals surface area contributed by atoms with E-state index in [9.17, 15) is 0 Å². The fourth-order valence-corrected chi connectivity index (χ4v) is 3.60. The van der Waals surface area contributed by atoms with Gasteiger partial charge in [0.05, 0.1) is 0 Å². The number of rotatable bonds is 3. The highest BCUT2D eigenvalue weighted by Gasteiger charge is 2.49. The molecule has 2 fully saturated rings. The van der Waals surface area contributed by atoms with Gasteiger partial charge in [0, 0.05) is 18.1 Å². The van der Waals surface area contributed by atoms with Gasteiger partial charge in [0.15, 0.2) is 0 Å². The van der Waals surface area contributed by atoms with E-state index in [0.29, 0.717) is 5.54 Å². The summed E-state index contributed by atoms with van der Waals surface area (Å²) in [5.74, 6) is 0. The highest BCUT2D eigenvalue weighted by atomic mass is 15.3. The first kappa shape index (κ1) is 10.3. The molecule has 0 unspecified atom stereocenters. The van der Waals surface area contributed by atoms with Crippen LogP contribution in [0.2, 0.25) is 0 Å². The molecule has 0 aromatic heterocycles. The molecule has 16 heavy (non-hydrogen) atoms. The van der Waals surface area contributed by atoms with E-state index >= 15 is 0 Å². The van der Waals surface area contributed by atoms with E-state index in [2.05, 4.69) is 42.2 Å². The lowest BCUT2D eigenvalue weighted by Gasteiger charge is -2.34. The fraction of sp³-hybridized carbons (Fsp3) is 0.533. The molecule has 0 spiro atoms. The summed E-state index contributed by atoms with van der Waals surface area (Å²) in [6.45, 7) is 5.31. The van der Waals surface area contributed by atoms with Crippen LogP contribution in [0.3, 0.4) is 0 Å². The lowest BCUT2D eigenvalue weighted by Crippen LogP contribution is -2.39. The maximum absolute atomic E-state index is 4.19.